The van der Waals surface area contributed by atoms with Gasteiger partial charge >= 0.3 is 17.9 Å². The number of hydrogen-bond donors (Lipinski definition) is 0. The first-order chi connectivity index (χ1) is 9.34. The lowest BCUT2D eigenvalue weighted by atomic mass is 10.1. The minimum Gasteiger partial charge on any atom is -0.460 e. The van der Waals surface area contributed by atoms with E-state index in [2.05, 4.69) is 4.74 Å². The van der Waals surface area contributed by atoms with Gasteiger partial charge in [0.25, 0.3) is 0 Å². The van der Waals surface area contributed by atoms with Crippen LogP contribution in [-0.4, -0.2) is 18.4 Å². The number of rotatable bonds is 3. The fraction of sp³-hybridized carbons (Fsp3) is 0.231. The number of para-hydroxylation sites is 1. The first-order valence-corrected chi connectivity index (χ1v) is 5.65. The monoisotopic (exact) mass is 286 g/mol. The van der Waals surface area contributed by atoms with Crippen molar-refractivity contribution >= 4 is 22.7 Å². The van der Waals surface area contributed by atoms with Gasteiger partial charge in [-0.25, -0.2) is 4.79 Å². The summed E-state index contributed by atoms with van der Waals surface area (Å²) in [6.45, 7) is 1.49. The van der Waals surface area contributed by atoms with Crippen LogP contribution in [0.1, 0.15) is 23.0 Å². The highest BCUT2D eigenvalue weighted by atomic mass is 19.4. The Morgan fingerprint density at radius 2 is 2.00 bits per heavy atom. The first kappa shape index (κ1) is 14.1. The molecule has 20 heavy (non-hydrogen) atoms. The molecule has 0 fully saturated rings. The number of carbonyl (C=O) groups is 2. The molecule has 0 unspecified atom stereocenters. The van der Waals surface area contributed by atoms with Crippen LogP contribution < -0.4 is 0 Å². The molecule has 0 radical (unpaired) electrons. The van der Waals surface area contributed by atoms with Crippen LogP contribution in [-0.2, 0) is 15.7 Å². The molecule has 106 valence electrons. The van der Waals surface area contributed by atoms with Gasteiger partial charge in [0.15, 0.2) is 5.76 Å². The molecule has 7 heteroatoms. The molecular weight excluding hydrogens is 277 g/mol. The molecule has 0 amide bonds. The SMILES string of the molecule is CCOC(=O)C(=O)c1cc2cccc(C(F)(F)F)c2o1. The predicted octanol–water partition coefficient (Wildman–Crippen LogP) is 3.20. The van der Waals surface area contributed by atoms with E-state index < -0.39 is 34.8 Å². The molecule has 0 N–H and O–H groups in total. The lowest BCUT2D eigenvalue weighted by molar-refractivity contribution is -0.137. The van der Waals surface area contributed by atoms with Gasteiger partial charge in [0.05, 0.1) is 12.2 Å². The molecule has 2 aromatic rings. The molecule has 1 aromatic heterocycles. The van der Waals surface area contributed by atoms with E-state index in [1.165, 1.54) is 19.1 Å². The van der Waals surface area contributed by atoms with E-state index in [0.717, 1.165) is 12.1 Å². The summed E-state index contributed by atoms with van der Waals surface area (Å²) in [5.74, 6) is -2.76. The molecule has 0 aliphatic carbocycles. The predicted molar refractivity (Wildman–Crippen MR) is 62.2 cm³/mol. The van der Waals surface area contributed by atoms with Gasteiger partial charge in [0.1, 0.15) is 5.58 Å². The van der Waals surface area contributed by atoms with Crippen LogP contribution in [0, 0.1) is 0 Å². The van der Waals surface area contributed by atoms with Crippen LogP contribution in [0.25, 0.3) is 11.0 Å². The number of carbonyl (C=O) groups excluding carboxylic acids is 2. The van der Waals surface area contributed by atoms with E-state index in [9.17, 15) is 22.8 Å². The zero-order valence-corrected chi connectivity index (χ0v) is 10.3. The molecule has 1 heterocycles. The smallest absolute Gasteiger partial charge is 0.420 e. The molecule has 0 aliphatic heterocycles. The fourth-order valence-corrected chi connectivity index (χ4v) is 1.70. The number of hydrogen-bond acceptors (Lipinski definition) is 4. The highest BCUT2D eigenvalue weighted by Crippen LogP contribution is 2.36. The molecule has 2 rings (SSSR count). The third kappa shape index (κ3) is 2.52. The lowest BCUT2D eigenvalue weighted by Gasteiger charge is -2.05. The maximum Gasteiger partial charge on any atom is 0.420 e. The van der Waals surface area contributed by atoms with E-state index >= 15 is 0 Å². The fourth-order valence-electron chi connectivity index (χ4n) is 1.70. The van der Waals surface area contributed by atoms with Crippen molar-refractivity contribution in [1.82, 2.24) is 0 Å². The molecule has 0 bridgehead atoms. The lowest BCUT2D eigenvalue weighted by Crippen LogP contribution is -2.16. The summed E-state index contributed by atoms with van der Waals surface area (Å²) in [6, 6.07) is 4.48. The van der Waals surface area contributed by atoms with E-state index in [-0.39, 0.29) is 12.0 Å². The Hall–Kier alpha value is -2.31. The zero-order valence-electron chi connectivity index (χ0n) is 10.3. The summed E-state index contributed by atoms with van der Waals surface area (Å²) >= 11 is 0. The van der Waals surface area contributed by atoms with Gasteiger partial charge in [-0.2, -0.15) is 13.2 Å². The molecule has 4 nitrogen and oxygen atoms in total. The summed E-state index contributed by atoms with van der Waals surface area (Å²) in [5.41, 5.74) is -1.48. The third-order valence-electron chi connectivity index (χ3n) is 2.53. The number of alkyl halides is 3. The molecule has 0 spiro atoms. The third-order valence-corrected chi connectivity index (χ3v) is 2.53. The first-order valence-electron chi connectivity index (χ1n) is 5.65. The molecule has 1 aromatic carbocycles. The Kier molecular flexibility index (Phi) is 3.52. The second-order valence-corrected chi connectivity index (χ2v) is 3.88. The summed E-state index contributed by atoms with van der Waals surface area (Å²) in [5, 5.41) is 0.0903. The quantitative estimate of drug-likeness (QED) is 0.494. The van der Waals surface area contributed by atoms with Crippen molar-refractivity contribution in [3.8, 4) is 0 Å². The van der Waals surface area contributed by atoms with Crippen molar-refractivity contribution in [2.75, 3.05) is 6.61 Å². The second kappa shape index (κ2) is 4.99. The summed E-state index contributed by atoms with van der Waals surface area (Å²) in [4.78, 5) is 22.9. The van der Waals surface area contributed by atoms with Gasteiger partial charge in [-0.1, -0.05) is 12.1 Å². The summed E-state index contributed by atoms with van der Waals surface area (Å²) in [7, 11) is 0. The minimum absolute atomic E-state index is 0.0153. The largest absolute Gasteiger partial charge is 0.460 e. The maximum absolute atomic E-state index is 12.8. The molecule has 0 atom stereocenters. The highest BCUT2D eigenvalue weighted by Gasteiger charge is 2.35. The average Bonchev–Trinajstić information content (AvgIpc) is 2.80. The number of fused-ring (bicyclic) bond motifs is 1. The number of ether oxygens (including phenoxy) is 1. The van der Waals surface area contributed by atoms with Gasteiger partial charge in [-0.05, 0) is 19.1 Å². The molecule has 0 aliphatic rings. The molecule has 0 saturated heterocycles. The molecular formula is C13H9F3O4. The zero-order chi connectivity index (χ0) is 14.9. The van der Waals surface area contributed by atoms with Gasteiger partial charge in [0, 0.05) is 5.39 Å². The van der Waals surface area contributed by atoms with Crippen LogP contribution >= 0.6 is 0 Å². The summed E-state index contributed by atoms with van der Waals surface area (Å²) in [6.07, 6.45) is -4.61. The van der Waals surface area contributed by atoms with Crippen molar-refractivity contribution in [3.05, 3.63) is 35.6 Å². The minimum atomic E-state index is -4.61. The van der Waals surface area contributed by atoms with Crippen molar-refractivity contribution < 1.29 is 31.9 Å². The Morgan fingerprint density at radius 1 is 1.30 bits per heavy atom. The van der Waals surface area contributed by atoms with Crippen molar-refractivity contribution in [2.45, 2.75) is 13.1 Å². The number of halogens is 3. The van der Waals surface area contributed by atoms with Crippen molar-refractivity contribution in [1.29, 1.82) is 0 Å². The number of benzene rings is 1. The Balaban J connectivity index is 2.49. The average molecular weight is 286 g/mol. The Morgan fingerprint density at radius 3 is 2.60 bits per heavy atom. The van der Waals surface area contributed by atoms with Crippen LogP contribution in [0.4, 0.5) is 13.2 Å². The van der Waals surface area contributed by atoms with Gasteiger partial charge < -0.3 is 9.15 Å². The van der Waals surface area contributed by atoms with Crippen molar-refractivity contribution in [3.63, 3.8) is 0 Å². The molecule has 0 saturated carbocycles. The highest BCUT2D eigenvalue weighted by molar-refractivity contribution is 6.40. The van der Waals surface area contributed by atoms with E-state index in [1.807, 2.05) is 0 Å². The number of Topliss-reactive ketones (excluding diaryl/α,β-unsaturated/α-hetero) is 1. The number of ketones is 1. The second-order valence-electron chi connectivity index (χ2n) is 3.88. The summed E-state index contributed by atoms with van der Waals surface area (Å²) < 4.78 is 47.7. The maximum atomic E-state index is 12.8. The van der Waals surface area contributed by atoms with Crippen LogP contribution in [0.3, 0.4) is 0 Å². The standard InChI is InChI=1S/C13H9F3O4/c1-2-19-12(18)10(17)9-6-7-4-3-5-8(11(7)20-9)13(14,15)16/h3-6H,2H2,1H3. The number of furan rings is 1. The van der Waals surface area contributed by atoms with Crippen LogP contribution in [0.15, 0.2) is 28.7 Å². The number of esters is 1. The van der Waals surface area contributed by atoms with Crippen molar-refractivity contribution in [2.24, 2.45) is 0 Å². The van der Waals surface area contributed by atoms with E-state index in [4.69, 9.17) is 4.42 Å². The van der Waals surface area contributed by atoms with E-state index in [0.29, 0.717) is 0 Å². The van der Waals surface area contributed by atoms with Crippen LogP contribution in [0.5, 0.6) is 0 Å². The van der Waals surface area contributed by atoms with Gasteiger partial charge in [0.2, 0.25) is 0 Å². The van der Waals surface area contributed by atoms with Crippen LogP contribution in [0.2, 0.25) is 0 Å². The normalized spacial score (nSPS) is 11.6. The van der Waals surface area contributed by atoms with Gasteiger partial charge in [-0.3, -0.25) is 4.79 Å². The Labute approximate surface area is 111 Å². The Bertz CT molecular complexity index is 670. The van der Waals surface area contributed by atoms with Gasteiger partial charge in [-0.15, -0.1) is 0 Å². The topological polar surface area (TPSA) is 56.5 Å². The van der Waals surface area contributed by atoms with E-state index in [1.54, 1.807) is 0 Å².